The fraction of sp³-hybridized carbons (Fsp3) is 0.727. The Balaban J connectivity index is 4.73. The monoisotopic (exact) mass is 215 g/mol. The molecule has 88 valence electrons. The maximum atomic E-state index is 11.1. The van der Waals surface area contributed by atoms with Gasteiger partial charge in [0.25, 0.3) is 0 Å². The maximum Gasteiger partial charge on any atom is 0.408 e. The van der Waals surface area contributed by atoms with E-state index in [2.05, 4.69) is 0 Å². The van der Waals surface area contributed by atoms with Gasteiger partial charge in [0.2, 0.25) is 0 Å². The first-order valence-electron chi connectivity index (χ1n) is 5.05. The van der Waals surface area contributed by atoms with E-state index in [4.69, 9.17) is 10.2 Å². The molecule has 0 aromatic carbocycles. The first-order valence-corrected chi connectivity index (χ1v) is 5.05. The molecular formula is C11H21NO3. The first kappa shape index (κ1) is 14.0. The van der Waals surface area contributed by atoms with Crippen LogP contribution in [-0.4, -0.2) is 38.9 Å². The van der Waals surface area contributed by atoms with E-state index < -0.39 is 17.7 Å². The van der Waals surface area contributed by atoms with Gasteiger partial charge < -0.3 is 10.2 Å². The molecule has 4 heteroatoms. The van der Waals surface area contributed by atoms with Crippen molar-refractivity contribution in [3.63, 3.8) is 0 Å². The lowest BCUT2D eigenvalue weighted by molar-refractivity contribution is 0.0873. The molecule has 0 fully saturated rings. The number of amides is 1. The van der Waals surface area contributed by atoms with Gasteiger partial charge >= 0.3 is 6.09 Å². The summed E-state index contributed by atoms with van der Waals surface area (Å²) in [7, 11) is 0. The summed E-state index contributed by atoms with van der Waals surface area (Å²) in [5, 5.41) is 18.1. The van der Waals surface area contributed by atoms with E-state index in [1.165, 1.54) is 4.90 Å². The van der Waals surface area contributed by atoms with Crippen LogP contribution < -0.4 is 0 Å². The Hall–Kier alpha value is -1.03. The van der Waals surface area contributed by atoms with Gasteiger partial charge in [0.1, 0.15) is 0 Å². The number of nitrogens with zero attached hydrogens (tertiary/aromatic N) is 1. The van der Waals surface area contributed by atoms with Crippen LogP contribution in [-0.2, 0) is 0 Å². The van der Waals surface area contributed by atoms with Gasteiger partial charge in [-0.1, -0.05) is 12.2 Å². The lowest BCUT2D eigenvalue weighted by Gasteiger charge is -2.36. The number of aliphatic hydroxyl groups is 1. The van der Waals surface area contributed by atoms with E-state index in [1.807, 2.05) is 20.8 Å². The third-order valence-electron chi connectivity index (χ3n) is 2.00. The lowest BCUT2D eigenvalue weighted by Crippen LogP contribution is -2.49. The predicted octanol–water partition coefficient (Wildman–Crippen LogP) is 2.09. The lowest BCUT2D eigenvalue weighted by atomic mass is 10.0. The SMILES string of the molecule is C[C@H](/C=C/[C@@H](C)O)N(C(=O)O)C(C)(C)C. The van der Waals surface area contributed by atoms with E-state index in [1.54, 1.807) is 26.0 Å². The second-order valence-electron chi connectivity index (χ2n) is 4.69. The first-order chi connectivity index (χ1) is 6.66. The summed E-state index contributed by atoms with van der Waals surface area (Å²) in [6.45, 7) is 8.94. The summed E-state index contributed by atoms with van der Waals surface area (Å²) in [6.07, 6.45) is 1.78. The van der Waals surface area contributed by atoms with Gasteiger partial charge in [0.15, 0.2) is 0 Å². The molecule has 0 aromatic rings. The number of hydrogen-bond acceptors (Lipinski definition) is 2. The highest BCUT2D eigenvalue weighted by Gasteiger charge is 2.29. The molecule has 0 spiro atoms. The summed E-state index contributed by atoms with van der Waals surface area (Å²) in [5.74, 6) is 0. The van der Waals surface area contributed by atoms with Crippen LogP contribution in [0.4, 0.5) is 4.79 Å². The maximum absolute atomic E-state index is 11.1. The highest BCUT2D eigenvalue weighted by Crippen LogP contribution is 2.17. The largest absolute Gasteiger partial charge is 0.465 e. The molecule has 1 amide bonds. The van der Waals surface area contributed by atoms with Crippen LogP contribution in [0.25, 0.3) is 0 Å². The molecule has 0 aliphatic heterocycles. The molecule has 15 heavy (non-hydrogen) atoms. The molecule has 0 radical (unpaired) electrons. The smallest absolute Gasteiger partial charge is 0.408 e. The Labute approximate surface area is 91.2 Å². The molecular weight excluding hydrogens is 194 g/mol. The van der Waals surface area contributed by atoms with E-state index >= 15 is 0 Å². The van der Waals surface area contributed by atoms with E-state index in [-0.39, 0.29) is 6.04 Å². The zero-order valence-corrected chi connectivity index (χ0v) is 10.1. The van der Waals surface area contributed by atoms with Crippen LogP contribution in [0.2, 0.25) is 0 Å². The summed E-state index contributed by atoms with van der Waals surface area (Å²) in [6, 6.07) is -0.253. The van der Waals surface area contributed by atoms with Gasteiger partial charge in [0.05, 0.1) is 12.1 Å². The number of rotatable bonds is 3. The number of carboxylic acid groups (broad SMARTS) is 1. The summed E-state index contributed by atoms with van der Waals surface area (Å²) in [5.41, 5.74) is -0.450. The van der Waals surface area contributed by atoms with Gasteiger partial charge in [-0.15, -0.1) is 0 Å². The second-order valence-corrected chi connectivity index (χ2v) is 4.69. The second kappa shape index (κ2) is 5.16. The highest BCUT2D eigenvalue weighted by molar-refractivity contribution is 5.66. The molecule has 2 N–H and O–H groups in total. The quantitative estimate of drug-likeness (QED) is 0.709. The molecule has 0 aliphatic carbocycles. The normalized spacial score (nSPS) is 16.4. The third kappa shape index (κ3) is 4.83. The van der Waals surface area contributed by atoms with E-state index in [0.717, 1.165) is 0 Å². The van der Waals surface area contributed by atoms with Crippen molar-refractivity contribution in [2.24, 2.45) is 0 Å². The fourth-order valence-corrected chi connectivity index (χ4v) is 1.48. The summed E-state index contributed by atoms with van der Waals surface area (Å²) < 4.78 is 0. The van der Waals surface area contributed by atoms with Gasteiger partial charge in [-0.2, -0.15) is 0 Å². The summed E-state index contributed by atoms with van der Waals surface area (Å²) >= 11 is 0. The fourth-order valence-electron chi connectivity index (χ4n) is 1.48. The van der Waals surface area contributed by atoms with Crippen molar-refractivity contribution < 1.29 is 15.0 Å². The Morgan fingerprint density at radius 1 is 1.27 bits per heavy atom. The van der Waals surface area contributed by atoms with Crippen molar-refractivity contribution in [2.45, 2.75) is 52.3 Å². The van der Waals surface area contributed by atoms with Crippen LogP contribution >= 0.6 is 0 Å². The Morgan fingerprint density at radius 2 is 1.73 bits per heavy atom. The van der Waals surface area contributed by atoms with E-state index in [9.17, 15) is 4.79 Å². The standard InChI is InChI=1S/C11H21NO3/c1-8(6-7-9(2)13)12(10(14)15)11(3,4)5/h6-9,13H,1-5H3,(H,14,15)/b7-6+/t8-,9-/m1/s1. The number of carbonyl (C=O) groups is 1. The minimum Gasteiger partial charge on any atom is -0.465 e. The van der Waals surface area contributed by atoms with Crippen LogP contribution in [0.5, 0.6) is 0 Å². The zero-order valence-electron chi connectivity index (χ0n) is 10.1. The van der Waals surface area contributed by atoms with Crippen LogP contribution in [0, 0.1) is 0 Å². The van der Waals surface area contributed by atoms with Gasteiger partial charge in [-0.25, -0.2) is 4.79 Å². The van der Waals surface area contributed by atoms with Crippen molar-refractivity contribution in [3.05, 3.63) is 12.2 Å². The van der Waals surface area contributed by atoms with Gasteiger partial charge in [-0.3, -0.25) is 4.90 Å². The van der Waals surface area contributed by atoms with Crippen LogP contribution in [0.15, 0.2) is 12.2 Å². The molecule has 0 unspecified atom stereocenters. The molecule has 0 saturated carbocycles. The number of aliphatic hydroxyl groups excluding tert-OH is 1. The predicted molar refractivity (Wildman–Crippen MR) is 59.9 cm³/mol. The summed E-state index contributed by atoms with van der Waals surface area (Å²) in [4.78, 5) is 12.4. The van der Waals surface area contributed by atoms with Crippen molar-refractivity contribution in [1.29, 1.82) is 0 Å². The Kier molecular flexibility index (Phi) is 4.81. The molecule has 0 rings (SSSR count). The third-order valence-corrected chi connectivity index (χ3v) is 2.00. The van der Waals surface area contributed by atoms with Crippen LogP contribution in [0.3, 0.4) is 0 Å². The molecule has 0 aliphatic rings. The van der Waals surface area contributed by atoms with Crippen molar-refractivity contribution in [2.75, 3.05) is 0 Å². The van der Waals surface area contributed by atoms with Crippen molar-refractivity contribution in [3.8, 4) is 0 Å². The zero-order chi connectivity index (χ0) is 12.2. The number of hydrogen-bond donors (Lipinski definition) is 2. The Morgan fingerprint density at radius 3 is 2.00 bits per heavy atom. The molecule has 0 aromatic heterocycles. The minimum atomic E-state index is -0.953. The van der Waals surface area contributed by atoms with Crippen molar-refractivity contribution >= 4 is 6.09 Å². The highest BCUT2D eigenvalue weighted by atomic mass is 16.4. The van der Waals surface area contributed by atoms with Crippen LogP contribution in [0.1, 0.15) is 34.6 Å². The average molecular weight is 215 g/mol. The molecule has 0 saturated heterocycles. The molecule has 0 heterocycles. The van der Waals surface area contributed by atoms with E-state index in [0.29, 0.717) is 0 Å². The molecule has 2 atom stereocenters. The average Bonchev–Trinajstić information content (AvgIpc) is 1.96. The topological polar surface area (TPSA) is 60.8 Å². The Bertz CT molecular complexity index is 241. The molecule has 4 nitrogen and oxygen atoms in total. The molecule has 0 bridgehead atoms. The van der Waals surface area contributed by atoms with Gasteiger partial charge in [-0.05, 0) is 34.6 Å². The van der Waals surface area contributed by atoms with Gasteiger partial charge in [0, 0.05) is 5.54 Å². The minimum absolute atomic E-state index is 0.253. The van der Waals surface area contributed by atoms with Crippen molar-refractivity contribution in [1.82, 2.24) is 4.90 Å².